The van der Waals surface area contributed by atoms with Crippen molar-refractivity contribution in [1.29, 1.82) is 0 Å². The van der Waals surface area contributed by atoms with E-state index in [1.807, 2.05) is 11.1 Å². The van der Waals surface area contributed by atoms with Crippen LogP contribution in [0.25, 0.3) is 0 Å². The molecule has 4 nitrogen and oxygen atoms in total. The van der Waals surface area contributed by atoms with Crippen molar-refractivity contribution >= 4 is 11.6 Å². The molecule has 2 aromatic rings. The standard InChI is InChI=1S/C20H25N3O/c1-15-8-10-18(11-9-15)23(17-5-4-6-17)20(24)13-16-14-21-22-12-3-2-7-19(16)22/h8-11,14,17H,2-7,12-13H2,1H3. The van der Waals surface area contributed by atoms with E-state index in [0.717, 1.165) is 37.1 Å². The zero-order valence-electron chi connectivity index (χ0n) is 14.4. The number of benzene rings is 1. The fourth-order valence-corrected chi connectivity index (χ4v) is 3.79. The number of anilines is 1. The highest BCUT2D eigenvalue weighted by Gasteiger charge is 2.30. The maximum atomic E-state index is 13.1. The van der Waals surface area contributed by atoms with Crippen LogP contribution in [0.15, 0.2) is 30.5 Å². The van der Waals surface area contributed by atoms with E-state index in [0.29, 0.717) is 12.5 Å². The van der Waals surface area contributed by atoms with E-state index in [4.69, 9.17) is 0 Å². The fraction of sp³-hybridized carbons (Fsp3) is 0.500. The van der Waals surface area contributed by atoms with E-state index in [9.17, 15) is 4.79 Å². The van der Waals surface area contributed by atoms with Gasteiger partial charge in [0.2, 0.25) is 5.91 Å². The first-order valence-corrected chi connectivity index (χ1v) is 9.14. The summed E-state index contributed by atoms with van der Waals surface area (Å²) in [6.45, 7) is 3.08. The first kappa shape index (κ1) is 15.4. The van der Waals surface area contributed by atoms with Crippen LogP contribution in [0.4, 0.5) is 5.69 Å². The maximum absolute atomic E-state index is 13.1. The van der Waals surface area contributed by atoms with Crippen molar-refractivity contribution in [1.82, 2.24) is 9.78 Å². The predicted molar refractivity (Wildman–Crippen MR) is 95.2 cm³/mol. The average Bonchev–Trinajstić information content (AvgIpc) is 2.95. The third-order valence-corrected chi connectivity index (χ3v) is 5.43. The second-order valence-electron chi connectivity index (χ2n) is 7.16. The quantitative estimate of drug-likeness (QED) is 0.861. The Labute approximate surface area is 143 Å². The van der Waals surface area contributed by atoms with E-state index in [2.05, 4.69) is 41.0 Å². The molecule has 2 aliphatic rings. The van der Waals surface area contributed by atoms with E-state index in [-0.39, 0.29) is 5.91 Å². The number of aromatic nitrogens is 2. The summed E-state index contributed by atoms with van der Waals surface area (Å²) in [5, 5.41) is 4.48. The number of hydrogen-bond acceptors (Lipinski definition) is 2. The minimum Gasteiger partial charge on any atom is -0.309 e. The molecule has 126 valence electrons. The number of amides is 1. The topological polar surface area (TPSA) is 38.1 Å². The molecule has 0 saturated heterocycles. The van der Waals surface area contributed by atoms with Crippen molar-refractivity contribution in [3.63, 3.8) is 0 Å². The van der Waals surface area contributed by atoms with E-state index in [1.54, 1.807) is 0 Å². The maximum Gasteiger partial charge on any atom is 0.231 e. The Bertz CT molecular complexity index is 728. The lowest BCUT2D eigenvalue weighted by atomic mass is 9.90. The fourth-order valence-electron chi connectivity index (χ4n) is 3.79. The molecule has 24 heavy (non-hydrogen) atoms. The number of carbonyl (C=O) groups is 1. The van der Waals surface area contributed by atoms with Gasteiger partial charge in [-0.25, -0.2) is 0 Å². The molecule has 0 N–H and O–H groups in total. The van der Waals surface area contributed by atoms with Crippen molar-refractivity contribution in [3.05, 3.63) is 47.3 Å². The second-order valence-corrected chi connectivity index (χ2v) is 7.16. The molecule has 1 saturated carbocycles. The monoisotopic (exact) mass is 323 g/mol. The molecule has 0 spiro atoms. The van der Waals surface area contributed by atoms with Gasteiger partial charge in [-0.05, 0) is 57.6 Å². The zero-order chi connectivity index (χ0) is 16.5. The first-order valence-electron chi connectivity index (χ1n) is 9.14. The Hall–Kier alpha value is -2.10. The summed E-state index contributed by atoms with van der Waals surface area (Å²) in [6, 6.07) is 8.72. The van der Waals surface area contributed by atoms with Crippen LogP contribution >= 0.6 is 0 Å². The van der Waals surface area contributed by atoms with Gasteiger partial charge in [0.15, 0.2) is 0 Å². The van der Waals surface area contributed by atoms with Crippen LogP contribution in [0.3, 0.4) is 0 Å². The number of nitrogens with zero attached hydrogens (tertiary/aromatic N) is 3. The predicted octanol–water partition coefficient (Wildman–Crippen LogP) is 3.66. The molecule has 1 fully saturated rings. The first-order chi connectivity index (χ1) is 11.7. The average molecular weight is 323 g/mol. The van der Waals surface area contributed by atoms with Crippen molar-refractivity contribution in [2.24, 2.45) is 0 Å². The summed E-state index contributed by atoms with van der Waals surface area (Å²) in [7, 11) is 0. The molecule has 0 unspecified atom stereocenters. The van der Waals surface area contributed by atoms with Gasteiger partial charge in [0, 0.05) is 29.5 Å². The minimum absolute atomic E-state index is 0.213. The van der Waals surface area contributed by atoms with Gasteiger partial charge < -0.3 is 4.90 Å². The molecule has 1 amide bonds. The van der Waals surface area contributed by atoms with Gasteiger partial charge in [-0.15, -0.1) is 0 Å². The molecule has 1 aliphatic heterocycles. The Morgan fingerprint density at radius 1 is 1.21 bits per heavy atom. The Kier molecular flexibility index (Phi) is 4.13. The van der Waals surface area contributed by atoms with Crippen molar-refractivity contribution in [3.8, 4) is 0 Å². The summed E-state index contributed by atoms with van der Waals surface area (Å²) in [6.07, 6.45) is 9.29. The Morgan fingerprint density at radius 3 is 2.71 bits per heavy atom. The molecule has 0 radical (unpaired) electrons. The molecule has 1 aromatic heterocycles. The largest absolute Gasteiger partial charge is 0.309 e. The molecular weight excluding hydrogens is 298 g/mol. The minimum atomic E-state index is 0.213. The van der Waals surface area contributed by atoms with Gasteiger partial charge in [0.1, 0.15) is 0 Å². The van der Waals surface area contributed by atoms with Gasteiger partial charge in [0.25, 0.3) is 0 Å². The number of hydrogen-bond donors (Lipinski definition) is 0. The van der Waals surface area contributed by atoms with E-state index in [1.165, 1.54) is 30.5 Å². The summed E-state index contributed by atoms with van der Waals surface area (Å²) in [5.41, 5.74) is 4.66. The molecular formula is C20H25N3O. The normalized spacial score (nSPS) is 17.2. The smallest absolute Gasteiger partial charge is 0.231 e. The van der Waals surface area contributed by atoms with Crippen LogP contribution in [0.5, 0.6) is 0 Å². The third-order valence-electron chi connectivity index (χ3n) is 5.43. The Balaban J connectivity index is 1.57. The summed E-state index contributed by atoms with van der Waals surface area (Å²) in [5.74, 6) is 0.213. The highest BCUT2D eigenvalue weighted by Crippen LogP contribution is 2.31. The molecule has 0 atom stereocenters. The number of fused-ring (bicyclic) bond motifs is 1. The molecule has 4 rings (SSSR count). The van der Waals surface area contributed by atoms with Crippen molar-refractivity contribution in [2.45, 2.75) is 64.5 Å². The molecule has 1 aliphatic carbocycles. The zero-order valence-corrected chi connectivity index (χ0v) is 14.4. The summed E-state index contributed by atoms with van der Waals surface area (Å²) >= 11 is 0. The SMILES string of the molecule is Cc1ccc(N(C(=O)Cc2cnn3c2CCCC3)C2CCC2)cc1. The van der Waals surface area contributed by atoms with Gasteiger partial charge in [-0.2, -0.15) is 5.10 Å². The van der Waals surface area contributed by atoms with Gasteiger partial charge >= 0.3 is 0 Å². The van der Waals surface area contributed by atoms with Crippen molar-refractivity contribution < 1.29 is 4.79 Å². The lowest BCUT2D eigenvalue weighted by Gasteiger charge is -2.37. The Morgan fingerprint density at radius 2 is 2.00 bits per heavy atom. The van der Waals surface area contributed by atoms with E-state index >= 15 is 0 Å². The third kappa shape index (κ3) is 2.85. The van der Waals surface area contributed by atoms with Crippen LogP contribution in [-0.2, 0) is 24.2 Å². The molecule has 4 heteroatoms. The van der Waals surface area contributed by atoms with Crippen LogP contribution in [-0.4, -0.2) is 21.7 Å². The number of rotatable bonds is 4. The van der Waals surface area contributed by atoms with Crippen LogP contribution in [0.1, 0.15) is 48.9 Å². The number of carbonyl (C=O) groups excluding carboxylic acids is 1. The van der Waals surface area contributed by atoms with Gasteiger partial charge in [-0.3, -0.25) is 9.48 Å². The van der Waals surface area contributed by atoms with Gasteiger partial charge in [0.05, 0.1) is 12.6 Å². The lowest BCUT2D eigenvalue weighted by Crippen LogP contribution is -2.45. The summed E-state index contributed by atoms with van der Waals surface area (Å²) < 4.78 is 2.09. The second kappa shape index (κ2) is 6.42. The molecule has 0 bridgehead atoms. The van der Waals surface area contributed by atoms with Gasteiger partial charge in [-0.1, -0.05) is 17.7 Å². The molecule has 2 heterocycles. The summed E-state index contributed by atoms with van der Waals surface area (Å²) in [4.78, 5) is 15.1. The van der Waals surface area contributed by atoms with E-state index < -0.39 is 0 Å². The lowest BCUT2D eigenvalue weighted by molar-refractivity contribution is -0.118. The highest BCUT2D eigenvalue weighted by molar-refractivity contribution is 5.95. The van der Waals surface area contributed by atoms with Crippen molar-refractivity contribution in [2.75, 3.05) is 4.90 Å². The van der Waals surface area contributed by atoms with Crippen LogP contribution in [0.2, 0.25) is 0 Å². The number of aryl methyl sites for hydroxylation is 2. The van der Waals surface area contributed by atoms with Crippen LogP contribution in [0, 0.1) is 6.92 Å². The van der Waals surface area contributed by atoms with Crippen LogP contribution < -0.4 is 4.90 Å². The molecule has 1 aromatic carbocycles. The highest BCUT2D eigenvalue weighted by atomic mass is 16.2.